The molecule has 34 heavy (non-hydrogen) atoms. The van der Waals surface area contributed by atoms with Crippen LogP contribution in [0.15, 0.2) is 55.1 Å². The predicted molar refractivity (Wildman–Crippen MR) is 127 cm³/mol. The first kappa shape index (κ1) is 25.0. The van der Waals surface area contributed by atoms with Crippen molar-refractivity contribution in [2.45, 2.75) is 56.0 Å². The van der Waals surface area contributed by atoms with E-state index in [1.165, 1.54) is 4.31 Å². The highest BCUT2D eigenvalue weighted by molar-refractivity contribution is 7.89. The van der Waals surface area contributed by atoms with Crippen LogP contribution in [0.2, 0.25) is 0 Å². The molecule has 2 saturated heterocycles. The Balaban J connectivity index is 1.65. The third-order valence-corrected chi connectivity index (χ3v) is 9.30. The number of hydrogen-bond donors (Lipinski definition) is 0. The highest BCUT2D eigenvalue weighted by Gasteiger charge is 2.42. The van der Waals surface area contributed by atoms with Crippen LogP contribution in [0.4, 0.5) is 8.78 Å². The molecule has 4 rings (SSSR count). The summed E-state index contributed by atoms with van der Waals surface area (Å²) in [6.45, 7) is 6.20. The molecule has 184 valence electrons. The molecule has 2 atom stereocenters. The van der Waals surface area contributed by atoms with Gasteiger partial charge in [-0.2, -0.15) is 4.31 Å². The van der Waals surface area contributed by atoms with Gasteiger partial charge in [0.1, 0.15) is 22.5 Å². The molecule has 0 unspecified atom stereocenters. The highest BCUT2D eigenvalue weighted by atomic mass is 32.2. The molecule has 2 aromatic carbocycles. The molecule has 0 amide bonds. The lowest BCUT2D eigenvalue weighted by Gasteiger charge is -2.38. The van der Waals surface area contributed by atoms with E-state index >= 15 is 8.78 Å². The minimum Gasteiger partial charge on any atom is -0.381 e. The second-order valence-corrected chi connectivity index (χ2v) is 11.1. The van der Waals surface area contributed by atoms with Gasteiger partial charge in [0.15, 0.2) is 0 Å². The Bertz CT molecular complexity index is 1120. The molecule has 8 heteroatoms. The number of benzene rings is 2. The van der Waals surface area contributed by atoms with Gasteiger partial charge in [0.2, 0.25) is 10.0 Å². The van der Waals surface area contributed by atoms with Crippen molar-refractivity contribution in [1.29, 1.82) is 0 Å². The van der Waals surface area contributed by atoms with Crippen molar-refractivity contribution in [1.82, 2.24) is 4.31 Å². The number of rotatable bonds is 7. The summed E-state index contributed by atoms with van der Waals surface area (Å²) in [4.78, 5) is 0. The molecule has 2 fully saturated rings. The lowest BCUT2D eigenvalue weighted by molar-refractivity contribution is -0.109. The highest BCUT2D eigenvalue weighted by Crippen LogP contribution is 2.41. The van der Waals surface area contributed by atoms with Crippen LogP contribution in [-0.2, 0) is 31.6 Å². The van der Waals surface area contributed by atoms with Gasteiger partial charge in [0.05, 0.1) is 6.61 Å². The summed E-state index contributed by atoms with van der Waals surface area (Å²) >= 11 is 0. The van der Waals surface area contributed by atoms with Gasteiger partial charge in [-0.25, -0.2) is 17.2 Å². The molecule has 0 aromatic heterocycles. The molecule has 0 radical (unpaired) electrons. The Morgan fingerprint density at radius 2 is 1.85 bits per heavy atom. The van der Waals surface area contributed by atoms with E-state index in [1.807, 2.05) is 25.1 Å². The van der Waals surface area contributed by atoms with Gasteiger partial charge < -0.3 is 9.47 Å². The van der Waals surface area contributed by atoms with Crippen LogP contribution in [0, 0.1) is 11.6 Å². The van der Waals surface area contributed by atoms with Crippen molar-refractivity contribution < 1.29 is 26.7 Å². The fourth-order valence-corrected chi connectivity index (χ4v) is 7.18. The molecule has 2 heterocycles. The average Bonchev–Trinajstić information content (AvgIpc) is 2.83. The van der Waals surface area contributed by atoms with E-state index in [-0.39, 0.29) is 30.3 Å². The van der Waals surface area contributed by atoms with Gasteiger partial charge in [-0.05, 0) is 37.5 Å². The van der Waals surface area contributed by atoms with Gasteiger partial charge in [0, 0.05) is 49.8 Å². The largest absolute Gasteiger partial charge is 0.381 e. The third-order valence-electron chi connectivity index (χ3n) is 6.93. The van der Waals surface area contributed by atoms with E-state index in [0.717, 1.165) is 12.1 Å². The zero-order valence-electron chi connectivity index (χ0n) is 19.4. The fraction of sp³-hybridized carbons (Fsp3) is 0.462. The van der Waals surface area contributed by atoms with Crippen molar-refractivity contribution in [3.05, 3.63) is 83.4 Å². The molecule has 0 saturated carbocycles. The van der Waals surface area contributed by atoms with E-state index in [2.05, 4.69) is 6.58 Å². The van der Waals surface area contributed by atoms with Gasteiger partial charge in [-0.15, -0.1) is 6.58 Å². The van der Waals surface area contributed by atoms with E-state index in [1.54, 1.807) is 18.2 Å². The first-order valence-electron chi connectivity index (χ1n) is 11.6. The Hall–Kier alpha value is -2.13. The molecule has 5 nitrogen and oxygen atoms in total. The standard InChI is InChI=1S/C26H31F2NO4S/c1-3-13-33-26(11-14-32-15-12-26)22-17-23(27)21(16-24(22)28)18-29-19(2)9-10-25(34(29,30)31)20-7-5-4-6-8-20/h3-8,16-17,19,25H,1,9-15,18H2,2H3/t19-,25+/m0/s1. The Morgan fingerprint density at radius 3 is 2.53 bits per heavy atom. The van der Waals surface area contributed by atoms with Gasteiger partial charge >= 0.3 is 0 Å². The molecule has 0 bridgehead atoms. The summed E-state index contributed by atoms with van der Waals surface area (Å²) in [7, 11) is -3.76. The smallest absolute Gasteiger partial charge is 0.221 e. The number of halogens is 2. The minimum atomic E-state index is -3.76. The minimum absolute atomic E-state index is 0.0105. The van der Waals surface area contributed by atoms with Crippen LogP contribution in [0.5, 0.6) is 0 Å². The topological polar surface area (TPSA) is 55.8 Å². The maximum Gasteiger partial charge on any atom is 0.221 e. The number of ether oxygens (including phenoxy) is 2. The molecule has 2 aliphatic heterocycles. The van der Waals surface area contributed by atoms with Gasteiger partial charge in [-0.1, -0.05) is 36.4 Å². The Morgan fingerprint density at radius 1 is 1.15 bits per heavy atom. The summed E-state index contributed by atoms with van der Waals surface area (Å²) in [6, 6.07) is 11.0. The molecule has 0 spiro atoms. The van der Waals surface area contributed by atoms with Crippen molar-refractivity contribution >= 4 is 10.0 Å². The number of sulfonamides is 1. The number of hydrogen-bond acceptors (Lipinski definition) is 4. The average molecular weight is 492 g/mol. The van der Waals surface area contributed by atoms with Crippen LogP contribution in [0.1, 0.15) is 54.5 Å². The predicted octanol–water partition coefficient (Wildman–Crippen LogP) is 5.23. The summed E-state index contributed by atoms with van der Waals surface area (Å²) in [5.74, 6) is -1.25. The first-order chi connectivity index (χ1) is 16.3. The first-order valence-corrected chi connectivity index (χ1v) is 13.2. The van der Waals surface area contributed by atoms with E-state index in [4.69, 9.17) is 9.47 Å². The van der Waals surface area contributed by atoms with Crippen molar-refractivity contribution in [2.24, 2.45) is 0 Å². The second kappa shape index (κ2) is 10.2. The van der Waals surface area contributed by atoms with Gasteiger partial charge in [0.25, 0.3) is 0 Å². The molecular formula is C26H31F2NO4S. The van der Waals surface area contributed by atoms with Crippen LogP contribution < -0.4 is 0 Å². The Labute approximate surface area is 200 Å². The van der Waals surface area contributed by atoms with Crippen molar-refractivity contribution in [3.63, 3.8) is 0 Å². The van der Waals surface area contributed by atoms with E-state index in [0.29, 0.717) is 44.5 Å². The summed E-state index contributed by atoms with van der Waals surface area (Å²) in [6.07, 6.45) is 3.50. The van der Waals surface area contributed by atoms with E-state index in [9.17, 15) is 8.42 Å². The fourth-order valence-electron chi connectivity index (χ4n) is 4.99. The van der Waals surface area contributed by atoms with Crippen LogP contribution >= 0.6 is 0 Å². The summed E-state index contributed by atoms with van der Waals surface area (Å²) in [5, 5.41) is -0.699. The quantitative estimate of drug-likeness (QED) is 0.498. The lowest BCUT2D eigenvalue weighted by Crippen LogP contribution is -2.45. The molecule has 0 aliphatic carbocycles. The summed E-state index contributed by atoms with van der Waals surface area (Å²) in [5.41, 5.74) is -0.146. The third kappa shape index (κ3) is 4.82. The van der Waals surface area contributed by atoms with Crippen LogP contribution in [0.25, 0.3) is 0 Å². The van der Waals surface area contributed by atoms with Gasteiger partial charge in [-0.3, -0.25) is 0 Å². The van der Waals surface area contributed by atoms with Crippen molar-refractivity contribution in [2.75, 3.05) is 19.8 Å². The second-order valence-electron chi connectivity index (χ2n) is 9.05. The number of nitrogens with zero attached hydrogens (tertiary/aromatic N) is 1. The maximum atomic E-state index is 15.4. The molecule has 0 N–H and O–H groups in total. The zero-order chi connectivity index (χ0) is 24.3. The Kier molecular flexibility index (Phi) is 7.52. The van der Waals surface area contributed by atoms with Crippen LogP contribution in [0.3, 0.4) is 0 Å². The normalized spacial score (nSPS) is 24.6. The lowest BCUT2D eigenvalue weighted by atomic mass is 9.85. The van der Waals surface area contributed by atoms with Crippen molar-refractivity contribution in [3.8, 4) is 0 Å². The van der Waals surface area contributed by atoms with E-state index < -0.39 is 32.5 Å². The SMILES string of the molecule is C=CCOC1(c2cc(F)c(CN3[C@@H](C)CC[C@H](c4ccccc4)S3(=O)=O)cc2F)CCOCC1. The molecular weight excluding hydrogens is 460 g/mol. The van der Waals surface area contributed by atoms with Crippen LogP contribution in [-0.4, -0.2) is 38.6 Å². The zero-order valence-corrected chi connectivity index (χ0v) is 20.2. The molecule has 2 aromatic rings. The summed E-state index contributed by atoms with van der Waals surface area (Å²) < 4.78 is 70.3. The maximum absolute atomic E-state index is 15.4. The molecule has 2 aliphatic rings. The monoisotopic (exact) mass is 491 g/mol.